The first-order chi connectivity index (χ1) is 17.2. The smallest absolute Gasteiger partial charge is 0.0900 e. The maximum Gasteiger partial charge on any atom is 0.0900 e. The lowest BCUT2D eigenvalue weighted by molar-refractivity contribution is 0.437. The van der Waals surface area contributed by atoms with Gasteiger partial charge in [-0.2, -0.15) is 0 Å². The zero-order chi connectivity index (χ0) is 23.6. The zero-order valence-corrected chi connectivity index (χ0v) is 20.1. The van der Waals surface area contributed by atoms with Crippen LogP contribution in [0.25, 0.3) is 28.1 Å². The maximum absolute atomic E-state index is 6.22. The number of nitrogens with zero attached hydrogens (tertiary/aromatic N) is 4. The molecule has 0 radical (unpaired) electrons. The van der Waals surface area contributed by atoms with Crippen molar-refractivity contribution in [3.63, 3.8) is 0 Å². The Morgan fingerprint density at radius 2 is 1.74 bits per heavy atom. The lowest BCUT2D eigenvalue weighted by atomic mass is 9.96. The molecule has 0 amide bonds. The summed E-state index contributed by atoms with van der Waals surface area (Å²) in [5.41, 5.74) is 6.79. The van der Waals surface area contributed by atoms with Gasteiger partial charge in [0, 0.05) is 16.9 Å². The quantitative estimate of drug-likeness (QED) is 0.278. The van der Waals surface area contributed by atoms with Gasteiger partial charge in [0.15, 0.2) is 0 Å². The molecule has 35 heavy (non-hydrogen) atoms. The normalized spacial score (nSPS) is 15.1. The van der Waals surface area contributed by atoms with Gasteiger partial charge in [0.1, 0.15) is 0 Å². The van der Waals surface area contributed by atoms with E-state index in [-0.39, 0.29) is 0 Å². The number of anilines is 2. The van der Waals surface area contributed by atoms with Crippen LogP contribution in [0.4, 0.5) is 11.4 Å². The molecule has 6 rings (SSSR count). The first kappa shape index (κ1) is 21.8. The second-order valence-electron chi connectivity index (χ2n) is 9.06. The highest BCUT2D eigenvalue weighted by Gasteiger charge is 2.18. The van der Waals surface area contributed by atoms with Gasteiger partial charge in [-0.1, -0.05) is 43.0 Å². The lowest BCUT2D eigenvalue weighted by Gasteiger charge is -2.21. The number of fused-ring (bicyclic) bond motifs is 2. The molecule has 174 valence electrons. The van der Waals surface area contributed by atoms with Crippen LogP contribution in [0.1, 0.15) is 32.1 Å². The van der Waals surface area contributed by atoms with Crippen molar-refractivity contribution in [2.45, 2.75) is 38.1 Å². The Bertz CT molecular complexity index is 1500. The topological polar surface area (TPSA) is 55.1 Å². The Labute approximate surface area is 209 Å². The van der Waals surface area contributed by atoms with Crippen LogP contribution in [-0.4, -0.2) is 20.6 Å². The molecule has 1 fully saturated rings. The highest BCUT2D eigenvalue weighted by atomic mass is 35.5. The fraction of sp³-hybridized carbons (Fsp3) is 0.207. The molecule has 1 aromatic heterocycles. The number of hydrogen-bond acceptors (Lipinski definition) is 4. The van der Waals surface area contributed by atoms with E-state index in [1.165, 1.54) is 19.3 Å². The molecule has 3 aromatic rings. The average molecular weight is 480 g/mol. The van der Waals surface area contributed by atoms with E-state index in [1.54, 1.807) is 6.20 Å². The molecule has 0 atom stereocenters. The number of rotatable bonds is 4. The van der Waals surface area contributed by atoms with Gasteiger partial charge in [0.05, 0.1) is 51.4 Å². The molecule has 0 bridgehead atoms. The number of benzene rings is 3. The summed E-state index contributed by atoms with van der Waals surface area (Å²) in [5.74, 6) is 0. The van der Waals surface area contributed by atoms with E-state index in [1.807, 2.05) is 54.7 Å². The van der Waals surface area contributed by atoms with Crippen LogP contribution in [0.2, 0.25) is 5.02 Å². The predicted molar refractivity (Wildman–Crippen MR) is 143 cm³/mol. The SMILES string of the molecule is Clc1ccc(-n2c3cc(=NC4CCCCC4)c(Nc4cccnc4)cc-3nc3ccccc32)cc1. The third kappa shape index (κ3) is 4.52. The molecular weight excluding hydrogens is 454 g/mol. The van der Waals surface area contributed by atoms with E-state index in [2.05, 4.69) is 39.1 Å². The zero-order valence-electron chi connectivity index (χ0n) is 19.4. The van der Waals surface area contributed by atoms with Crippen molar-refractivity contribution in [1.29, 1.82) is 0 Å². The standard InChI is InChI=1S/C29H26ClN5/c30-20-12-14-23(15-13-20)35-28-11-5-4-10-24(28)34-27-17-25(33-22-9-6-16-31-19-22)26(18-29(27)35)32-21-7-2-1-3-8-21/h4-6,9-19,21,33H,1-3,7-8H2. The largest absolute Gasteiger partial charge is 0.352 e. The van der Waals surface area contributed by atoms with Gasteiger partial charge in [-0.05, 0) is 73.5 Å². The maximum atomic E-state index is 6.22. The van der Waals surface area contributed by atoms with Crippen molar-refractivity contribution in [2.75, 3.05) is 5.32 Å². The molecule has 2 aromatic carbocycles. The van der Waals surface area contributed by atoms with Crippen LogP contribution in [0.15, 0.2) is 90.2 Å². The lowest BCUT2D eigenvalue weighted by Crippen LogP contribution is -2.19. The summed E-state index contributed by atoms with van der Waals surface area (Å²) in [4.78, 5) is 14.5. The van der Waals surface area contributed by atoms with E-state index in [9.17, 15) is 0 Å². The van der Waals surface area contributed by atoms with Gasteiger partial charge >= 0.3 is 0 Å². The van der Waals surface area contributed by atoms with Crippen LogP contribution in [0.5, 0.6) is 0 Å². The van der Waals surface area contributed by atoms with E-state index >= 15 is 0 Å². The van der Waals surface area contributed by atoms with Gasteiger partial charge < -0.3 is 9.88 Å². The number of halogens is 1. The van der Waals surface area contributed by atoms with Crippen LogP contribution in [0.3, 0.4) is 0 Å². The van der Waals surface area contributed by atoms with Crippen molar-refractivity contribution in [3.05, 3.63) is 95.6 Å². The first-order valence-electron chi connectivity index (χ1n) is 12.2. The molecule has 0 saturated heterocycles. The van der Waals surface area contributed by atoms with Crippen LogP contribution >= 0.6 is 11.6 Å². The van der Waals surface area contributed by atoms with Gasteiger partial charge in [-0.25, -0.2) is 4.98 Å². The van der Waals surface area contributed by atoms with Gasteiger partial charge in [-0.3, -0.25) is 9.98 Å². The molecule has 3 aliphatic rings. The Kier molecular flexibility index (Phi) is 5.93. The van der Waals surface area contributed by atoms with E-state index in [0.717, 1.165) is 57.7 Å². The Hall–Kier alpha value is -3.70. The summed E-state index contributed by atoms with van der Waals surface area (Å²) in [7, 11) is 0. The molecule has 2 aliphatic carbocycles. The second-order valence-corrected chi connectivity index (χ2v) is 9.49. The molecule has 2 heterocycles. The number of hydrogen-bond donors (Lipinski definition) is 1. The fourth-order valence-electron chi connectivity index (χ4n) is 4.92. The minimum absolute atomic E-state index is 0.341. The highest BCUT2D eigenvalue weighted by molar-refractivity contribution is 6.30. The molecule has 1 saturated carbocycles. The summed E-state index contributed by atoms with van der Waals surface area (Å²) < 4.78 is 2.25. The fourth-order valence-corrected chi connectivity index (χ4v) is 5.04. The summed E-state index contributed by atoms with van der Waals surface area (Å²) >= 11 is 6.22. The van der Waals surface area contributed by atoms with E-state index in [0.29, 0.717) is 11.1 Å². The van der Waals surface area contributed by atoms with E-state index < -0.39 is 0 Å². The first-order valence-corrected chi connectivity index (χ1v) is 12.5. The summed E-state index contributed by atoms with van der Waals surface area (Å²) in [6.07, 6.45) is 9.66. The van der Waals surface area contributed by atoms with Gasteiger partial charge in [0.2, 0.25) is 0 Å². The minimum atomic E-state index is 0.341. The predicted octanol–water partition coefficient (Wildman–Crippen LogP) is 7.16. The van der Waals surface area contributed by atoms with Crippen molar-refractivity contribution < 1.29 is 0 Å². The van der Waals surface area contributed by atoms with Gasteiger partial charge in [0.25, 0.3) is 0 Å². The number of pyridine rings is 1. The van der Waals surface area contributed by atoms with Crippen molar-refractivity contribution in [2.24, 2.45) is 4.99 Å². The Balaban J connectivity index is 1.62. The minimum Gasteiger partial charge on any atom is -0.352 e. The third-order valence-electron chi connectivity index (χ3n) is 6.62. The molecule has 1 N–H and O–H groups in total. The molecule has 6 heteroatoms. The molecule has 0 unspecified atom stereocenters. The number of nitrogens with one attached hydrogen (secondary N) is 1. The van der Waals surface area contributed by atoms with Crippen LogP contribution < -0.4 is 10.7 Å². The van der Waals surface area contributed by atoms with Crippen molar-refractivity contribution in [3.8, 4) is 17.1 Å². The summed E-state index contributed by atoms with van der Waals surface area (Å²) in [6.45, 7) is 0. The summed E-state index contributed by atoms with van der Waals surface area (Å²) in [6, 6.07) is 24.8. The Morgan fingerprint density at radius 1 is 0.914 bits per heavy atom. The molecular formula is C29H26ClN5. The number of aromatic nitrogens is 3. The van der Waals surface area contributed by atoms with E-state index in [4.69, 9.17) is 21.6 Å². The van der Waals surface area contributed by atoms with Crippen molar-refractivity contribution >= 4 is 34.0 Å². The highest BCUT2D eigenvalue weighted by Crippen LogP contribution is 2.31. The monoisotopic (exact) mass is 479 g/mol. The average Bonchev–Trinajstić information content (AvgIpc) is 2.90. The van der Waals surface area contributed by atoms with Crippen LogP contribution in [0, 0.1) is 0 Å². The third-order valence-corrected chi connectivity index (χ3v) is 6.87. The Morgan fingerprint density at radius 3 is 2.54 bits per heavy atom. The second kappa shape index (κ2) is 9.51. The molecule has 1 aliphatic heterocycles. The molecule has 5 nitrogen and oxygen atoms in total. The van der Waals surface area contributed by atoms with Crippen molar-refractivity contribution in [1.82, 2.24) is 14.5 Å². The van der Waals surface area contributed by atoms with Gasteiger partial charge in [-0.15, -0.1) is 0 Å². The van der Waals surface area contributed by atoms with Crippen LogP contribution in [-0.2, 0) is 0 Å². The number of para-hydroxylation sites is 2. The molecule has 0 spiro atoms. The summed E-state index contributed by atoms with van der Waals surface area (Å²) in [5, 5.41) is 5.21.